The number of anilines is 1. The SMILES string of the molecule is CCc1nc(Cl)c(C)c(N(CC(N)=O)CC(C)C)n1. The number of rotatable bonds is 6. The molecule has 1 amide bonds. The van der Waals surface area contributed by atoms with Crippen molar-refractivity contribution in [1.29, 1.82) is 0 Å². The number of hydrogen-bond acceptors (Lipinski definition) is 4. The van der Waals surface area contributed by atoms with E-state index < -0.39 is 0 Å². The maximum atomic E-state index is 11.2. The molecule has 5 nitrogen and oxygen atoms in total. The second-order valence-corrected chi connectivity index (χ2v) is 5.33. The summed E-state index contributed by atoms with van der Waals surface area (Å²) in [5.41, 5.74) is 6.09. The largest absolute Gasteiger partial charge is 0.368 e. The zero-order valence-electron chi connectivity index (χ0n) is 11.9. The second-order valence-electron chi connectivity index (χ2n) is 4.97. The first-order chi connectivity index (χ1) is 8.85. The van der Waals surface area contributed by atoms with Crippen molar-refractivity contribution in [3.8, 4) is 0 Å². The Morgan fingerprint density at radius 3 is 2.53 bits per heavy atom. The minimum atomic E-state index is -0.382. The minimum Gasteiger partial charge on any atom is -0.368 e. The lowest BCUT2D eigenvalue weighted by Gasteiger charge is -2.26. The minimum absolute atomic E-state index is 0.134. The van der Waals surface area contributed by atoms with Crippen LogP contribution in [-0.2, 0) is 11.2 Å². The summed E-state index contributed by atoms with van der Waals surface area (Å²) >= 11 is 6.12. The Labute approximate surface area is 119 Å². The van der Waals surface area contributed by atoms with E-state index in [9.17, 15) is 4.79 Å². The Balaban J connectivity index is 3.19. The smallest absolute Gasteiger partial charge is 0.236 e. The molecule has 1 aromatic heterocycles. The maximum Gasteiger partial charge on any atom is 0.236 e. The number of aromatic nitrogens is 2. The van der Waals surface area contributed by atoms with Gasteiger partial charge in [-0.15, -0.1) is 0 Å². The molecule has 6 heteroatoms. The topological polar surface area (TPSA) is 72.1 Å². The van der Waals surface area contributed by atoms with Gasteiger partial charge in [0.25, 0.3) is 0 Å². The summed E-state index contributed by atoms with van der Waals surface area (Å²) in [5, 5.41) is 0.431. The Bertz CT molecular complexity index is 462. The third-order valence-electron chi connectivity index (χ3n) is 2.66. The highest BCUT2D eigenvalue weighted by Gasteiger charge is 2.18. The van der Waals surface area contributed by atoms with E-state index in [-0.39, 0.29) is 12.5 Å². The molecule has 0 saturated heterocycles. The Hall–Kier alpha value is -1.36. The first kappa shape index (κ1) is 15.7. The van der Waals surface area contributed by atoms with Crippen LogP contribution in [0.4, 0.5) is 5.82 Å². The highest BCUT2D eigenvalue weighted by Crippen LogP contribution is 2.24. The predicted octanol–water partition coefficient (Wildman–Crippen LogP) is 1.95. The third kappa shape index (κ3) is 4.35. The molecule has 2 N–H and O–H groups in total. The van der Waals surface area contributed by atoms with E-state index in [0.29, 0.717) is 35.7 Å². The molecule has 0 spiro atoms. The fourth-order valence-electron chi connectivity index (χ4n) is 1.84. The van der Waals surface area contributed by atoms with Gasteiger partial charge in [0, 0.05) is 18.5 Å². The van der Waals surface area contributed by atoms with E-state index in [1.807, 2.05) is 18.7 Å². The van der Waals surface area contributed by atoms with E-state index >= 15 is 0 Å². The maximum absolute atomic E-state index is 11.2. The van der Waals surface area contributed by atoms with E-state index in [4.69, 9.17) is 17.3 Å². The van der Waals surface area contributed by atoms with Crippen LogP contribution >= 0.6 is 11.6 Å². The van der Waals surface area contributed by atoms with Gasteiger partial charge in [-0.1, -0.05) is 32.4 Å². The third-order valence-corrected chi connectivity index (χ3v) is 3.02. The van der Waals surface area contributed by atoms with Crippen LogP contribution in [-0.4, -0.2) is 29.0 Å². The van der Waals surface area contributed by atoms with Gasteiger partial charge < -0.3 is 10.6 Å². The van der Waals surface area contributed by atoms with Crippen LogP contribution in [0.5, 0.6) is 0 Å². The normalized spacial score (nSPS) is 10.8. The average Bonchev–Trinajstić information content (AvgIpc) is 2.30. The number of amides is 1. The Kier molecular flexibility index (Phi) is 5.54. The quantitative estimate of drug-likeness (QED) is 0.811. The van der Waals surface area contributed by atoms with E-state index in [0.717, 1.165) is 5.56 Å². The molecule has 1 aromatic rings. The first-order valence-electron chi connectivity index (χ1n) is 6.41. The van der Waals surface area contributed by atoms with Crippen molar-refractivity contribution in [2.45, 2.75) is 34.1 Å². The van der Waals surface area contributed by atoms with Crippen molar-refractivity contribution in [2.24, 2.45) is 11.7 Å². The van der Waals surface area contributed by atoms with Crippen LogP contribution < -0.4 is 10.6 Å². The van der Waals surface area contributed by atoms with Gasteiger partial charge in [0.15, 0.2) is 0 Å². The lowest BCUT2D eigenvalue weighted by atomic mass is 10.2. The number of carbonyl (C=O) groups is 1. The molecule has 106 valence electrons. The second kappa shape index (κ2) is 6.70. The van der Waals surface area contributed by atoms with Crippen LogP contribution in [0.1, 0.15) is 32.2 Å². The van der Waals surface area contributed by atoms with E-state index in [1.165, 1.54) is 0 Å². The van der Waals surface area contributed by atoms with Crippen molar-refractivity contribution in [3.63, 3.8) is 0 Å². The summed E-state index contributed by atoms with van der Waals surface area (Å²) in [6.07, 6.45) is 0.694. The average molecular weight is 285 g/mol. The van der Waals surface area contributed by atoms with Gasteiger partial charge in [-0.2, -0.15) is 0 Å². The molecule has 0 aliphatic carbocycles. The van der Waals surface area contributed by atoms with Gasteiger partial charge in [-0.3, -0.25) is 4.79 Å². The molecular formula is C13H21ClN4O. The molecule has 1 rings (SSSR count). The molecule has 0 saturated carbocycles. The molecule has 1 heterocycles. The molecule has 0 fully saturated rings. The molecule has 0 aromatic carbocycles. The van der Waals surface area contributed by atoms with Gasteiger partial charge in [-0.05, 0) is 12.8 Å². The number of hydrogen-bond donors (Lipinski definition) is 1. The lowest BCUT2D eigenvalue weighted by molar-refractivity contribution is -0.116. The number of aryl methyl sites for hydroxylation is 1. The van der Waals surface area contributed by atoms with Crippen molar-refractivity contribution in [1.82, 2.24) is 9.97 Å². The first-order valence-corrected chi connectivity index (χ1v) is 6.79. The van der Waals surface area contributed by atoms with E-state index in [1.54, 1.807) is 0 Å². The Morgan fingerprint density at radius 1 is 1.42 bits per heavy atom. The van der Waals surface area contributed by atoms with Crippen LogP contribution in [0.2, 0.25) is 5.15 Å². The highest BCUT2D eigenvalue weighted by molar-refractivity contribution is 6.30. The molecular weight excluding hydrogens is 264 g/mol. The summed E-state index contributed by atoms with van der Waals surface area (Å²) in [7, 11) is 0. The molecule has 0 unspecified atom stereocenters. The number of nitrogens with zero attached hydrogens (tertiary/aromatic N) is 3. The van der Waals surface area contributed by atoms with Crippen LogP contribution in [0.25, 0.3) is 0 Å². The molecule has 0 aliphatic heterocycles. The van der Waals surface area contributed by atoms with Gasteiger partial charge in [0.2, 0.25) is 5.91 Å². The molecule has 0 bridgehead atoms. The molecule has 0 atom stereocenters. The zero-order chi connectivity index (χ0) is 14.6. The van der Waals surface area contributed by atoms with Crippen LogP contribution in [0.3, 0.4) is 0 Å². The number of nitrogens with two attached hydrogens (primary N) is 1. The molecule has 0 aliphatic rings. The fourth-order valence-corrected chi connectivity index (χ4v) is 2.02. The molecule has 19 heavy (non-hydrogen) atoms. The summed E-state index contributed by atoms with van der Waals surface area (Å²) in [4.78, 5) is 21.8. The van der Waals surface area contributed by atoms with Crippen LogP contribution in [0.15, 0.2) is 0 Å². The number of halogens is 1. The van der Waals surface area contributed by atoms with Gasteiger partial charge in [-0.25, -0.2) is 9.97 Å². The summed E-state index contributed by atoms with van der Waals surface area (Å²) in [6.45, 7) is 8.80. The highest BCUT2D eigenvalue weighted by atomic mass is 35.5. The van der Waals surface area contributed by atoms with Gasteiger partial charge in [0.1, 0.15) is 16.8 Å². The van der Waals surface area contributed by atoms with Crippen molar-refractivity contribution in [3.05, 3.63) is 16.5 Å². The lowest BCUT2D eigenvalue weighted by Crippen LogP contribution is -2.37. The number of carbonyl (C=O) groups excluding carboxylic acids is 1. The van der Waals surface area contributed by atoms with Crippen molar-refractivity contribution in [2.75, 3.05) is 18.0 Å². The Morgan fingerprint density at radius 2 is 2.05 bits per heavy atom. The van der Waals surface area contributed by atoms with Crippen LogP contribution in [0, 0.1) is 12.8 Å². The molecule has 0 radical (unpaired) electrons. The number of primary amides is 1. The zero-order valence-corrected chi connectivity index (χ0v) is 12.7. The monoisotopic (exact) mass is 284 g/mol. The summed E-state index contributed by atoms with van der Waals surface area (Å²) in [5.74, 6) is 1.37. The van der Waals surface area contributed by atoms with Crippen molar-refractivity contribution < 1.29 is 4.79 Å². The fraction of sp³-hybridized carbons (Fsp3) is 0.615. The summed E-state index contributed by atoms with van der Waals surface area (Å²) in [6, 6.07) is 0. The predicted molar refractivity (Wildman–Crippen MR) is 77.4 cm³/mol. The standard InChI is InChI=1S/C13H21ClN4O/c1-5-11-16-12(14)9(4)13(17-11)18(6-8(2)3)7-10(15)19/h8H,5-7H2,1-4H3,(H2,15,19). The summed E-state index contributed by atoms with van der Waals surface area (Å²) < 4.78 is 0. The van der Waals surface area contributed by atoms with E-state index in [2.05, 4.69) is 23.8 Å². The van der Waals surface area contributed by atoms with Crippen molar-refractivity contribution >= 4 is 23.3 Å². The van der Waals surface area contributed by atoms with Gasteiger partial charge in [0.05, 0.1) is 6.54 Å². The van der Waals surface area contributed by atoms with Gasteiger partial charge >= 0.3 is 0 Å².